The summed E-state index contributed by atoms with van der Waals surface area (Å²) >= 11 is -0.819. The number of rotatable bonds is 6. The summed E-state index contributed by atoms with van der Waals surface area (Å²) in [5.41, 5.74) is 1.48. The molecule has 2 N–H and O–H groups in total. The van der Waals surface area contributed by atoms with Crippen molar-refractivity contribution in [2.45, 2.75) is 35.0 Å². The molecule has 0 radical (unpaired) electrons. The summed E-state index contributed by atoms with van der Waals surface area (Å²) < 4.78 is 17.3. The van der Waals surface area contributed by atoms with Gasteiger partial charge in [0.25, 0.3) is 0 Å². The maximum atomic E-state index is 10.0. The van der Waals surface area contributed by atoms with E-state index in [1.807, 2.05) is 4.57 Å². The van der Waals surface area contributed by atoms with Gasteiger partial charge >= 0.3 is 147 Å². The molecule has 8 nitrogen and oxygen atoms in total. The molecule has 2 aromatic rings. The predicted octanol–water partition coefficient (Wildman–Crippen LogP) is 1.13. The van der Waals surface area contributed by atoms with Crippen molar-refractivity contribution < 1.29 is 43.9 Å². The molecule has 3 heterocycles. The number of aliphatic hydroxyl groups excluding tert-OH is 1. The van der Waals surface area contributed by atoms with Crippen molar-refractivity contribution in [2.75, 3.05) is 9.06 Å². The fraction of sp³-hybridized carbons (Fsp3) is 0.583. The molecular weight excluding hydrogens is 382 g/mol. The summed E-state index contributed by atoms with van der Waals surface area (Å²) in [5.74, 6) is 0.801. The van der Waals surface area contributed by atoms with Gasteiger partial charge in [-0.1, -0.05) is 0 Å². The number of nitrogens with zero attached hydrogens (tertiary/aromatic N) is 4. The molecule has 117 valence electrons. The Labute approximate surface area is 146 Å². The third kappa shape index (κ3) is 3.32. The minimum atomic E-state index is -0.819. The zero-order chi connectivity index (χ0) is 15.5. The number of hydrogen-bond donors (Lipinski definition) is 2. The van der Waals surface area contributed by atoms with Crippen molar-refractivity contribution in [3.05, 3.63) is 12.7 Å². The molecule has 0 amide bonds. The molecule has 2 aromatic heterocycles. The second-order valence-electron chi connectivity index (χ2n) is 5.07. The van der Waals surface area contributed by atoms with E-state index in [4.69, 9.17) is 9.26 Å². The standard InChI is InChI=1S/C10H13N5O3P.C2H5.Y/c11-9-8-10(13-3-12-9)15(4-14-8)7-1-5(16)6(18-7)2-17-19;1-2;/h3-7,16H,1-2,19H2,(H-,11,12,13);1H2,2H3;/q-1;;+1/t5-,6-,7-;;/m1../s1. The van der Waals surface area contributed by atoms with Crippen LogP contribution in [0.15, 0.2) is 12.7 Å². The molecular formula is C12H18N5O3PY. The Morgan fingerprint density at radius 2 is 2.41 bits per heavy atom. The van der Waals surface area contributed by atoms with E-state index in [0.29, 0.717) is 13.0 Å². The predicted molar refractivity (Wildman–Crippen MR) is 79.6 cm³/mol. The van der Waals surface area contributed by atoms with Crippen LogP contribution in [-0.4, -0.2) is 43.4 Å². The number of aromatic nitrogens is 4. The zero-order valence-electron chi connectivity index (χ0n) is 12.2. The number of ether oxygens (including phenoxy) is 1. The molecule has 0 aromatic carbocycles. The molecule has 1 aliphatic rings. The quantitative estimate of drug-likeness (QED) is 0.703. The van der Waals surface area contributed by atoms with Gasteiger partial charge in [-0.25, -0.2) is 0 Å². The monoisotopic (exact) mass is 400 g/mol. The summed E-state index contributed by atoms with van der Waals surface area (Å²) in [7, 11) is 2.17. The Kier molecular flexibility index (Phi) is 5.71. The molecule has 0 bridgehead atoms. The number of aliphatic hydroxyl groups is 1. The van der Waals surface area contributed by atoms with E-state index >= 15 is 0 Å². The van der Waals surface area contributed by atoms with Crippen LogP contribution in [0.1, 0.15) is 19.6 Å². The van der Waals surface area contributed by atoms with E-state index in [0.717, 1.165) is 17.0 Å². The molecule has 1 fully saturated rings. The molecule has 3 rings (SSSR count). The Morgan fingerprint density at radius 3 is 3.18 bits per heavy atom. The molecule has 1 saturated heterocycles. The van der Waals surface area contributed by atoms with Gasteiger partial charge in [-0.15, -0.1) is 0 Å². The van der Waals surface area contributed by atoms with E-state index < -0.39 is 35.6 Å². The number of anilines is 1. The van der Waals surface area contributed by atoms with Gasteiger partial charge in [0.15, 0.2) is 0 Å². The molecule has 0 aliphatic carbocycles. The van der Waals surface area contributed by atoms with E-state index in [1.54, 1.807) is 6.33 Å². The first-order valence-electron chi connectivity index (χ1n) is 7.15. The van der Waals surface area contributed by atoms with Gasteiger partial charge in [-0.05, 0) is 0 Å². The van der Waals surface area contributed by atoms with Crippen LogP contribution in [0.3, 0.4) is 0 Å². The van der Waals surface area contributed by atoms with Crippen LogP contribution in [0, 0.1) is 0 Å². The average Bonchev–Trinajstić information content (AvgIpc) is 3.10. The molecule has 0 saturated carbocycles. The van der Waals surface area contributed by atoms with Crippen LogP contribution < -0.4 is 2.45 Å². The summed E-state index contributed by atoms with van der Waals surface area (Å²) in [6, 6.07) is 0. The number of hydrogen-bond acceptors (Lipinski definition) is 7. The molecule has 1 unspecified atom stereocenters. The van der Waals surface area contributed by atoms with Crippen LogP contribution in [0.2, 0.25) is 3.23 Å². The number of nitrogens with one attached hydrogen (secondary N) is 1. The van der Waals surface area contributed by atoms with Crippen LogP contribution >= 0.6 is 9.47 Å². The first kappa shape index (κ1) is 16.6. The van der Waals surface area contributed by atoms with Crippen molar-refractivity contribution in [3.63, 3.8) is 0 Å². The van der Waals surface area contributed by atoms with Crippen molar-refractivity contribution in [1.29, 1.82) is 0 Å². The molecule has 22 heavy (non-hydrogen) atoms. The normalized spacial score (nSPS) is 24.6. The average molecular weight is 400 g/mol. The molecule has 0 spiro atoms. The van der Waals surface area contributed by atoms with Crippen molar-refractivity contribution in [2.24, 2.45) is 0 Å². The fourth-order valence-electron chi connectivity index (χ4n) is 2.50. The summed E-state index contributed by atoms with van der Waals surface area (Å²) in [6.07, 6.45) is 2.54. The second kappa shape index (κ2) is 7.56. The van der Waals surface area contributed by atoms with Crippen molar-refractivity contribution in [1.82, 2.24) is 19.5 Å². The van der Waals surface area contributed by atoms with Crippen molar-refractivity contribution >= 4 is 26.4 Å². The summed E-state index contributed by atoms with van der Waals surface area (Å²) in [6.45, 7) is 2.51. The van der Waals surface area contributed by atoms with Crippen LogP contribution in [0.25, 0.3) is 11.2 Å². The van der Waals surface area contributed by atoms with E-state index in [1.165, 1.54) is 9.56 Å². The Bertz CT molecular complexity index is 642. The first-order valence-corrected chi connectivity index (χ1v) is 11.0. The summed E-state index contributed by atoms with van der Waals surface area (Å²) in [4.78, 5) is 13.0. The Hall–Kier alpha value is -0.236. The van der Waals surface area contributed by atoms with Crippen LogP contribution in [0.4, 0.5) is 5.82 Å². The van der Waals surface area contributed by atoms with Crippen LogP contribution in [-0.2, 0) is 38.8 Å². The molecule has 4 atom stereocenters. The van der Waals surface area contributed by atoms with Gasteiger partial charge in [-0.3, -0.25) is 0 Å². The van der Waals surface area contributed by atoms with E-state index in [2.05, 4.69) is 33.8 Å². The molecule has 1 aliphatic heterocycles. The maximum absolute atomic E-state index is 10.0. The first-order chi connectivity index (χ1) is 10.7. The van der Waals surface area contributed by atoms with E-state index in [9.17, 15) is 5.11 Å². The Balaban J connectivity index is 1.86. The van der Waals surface area contributed by atoms with Gasteiger partial charge in [-0.2, -0.15) is 0 Å². The number of imidazole rings is 1. The third-order valence-corrected chi connectivity index (χ3v) is 5.95. The van der Waals surface area contributed by atoms with Gasteiger partial charge < -0.3 is 0 Å². The topological polar surface area (TPSA) is 94.3 Å². The third-order valence-electron chi connectivity index (χ3n) is 3.58. The van der Waals surface area contributed by atoms with Crippen LogP contribution in [0.5, 0.6) is 0 Å². The fourth-order valence-corrected chi connectivity index (χ4v) is 4.18. The van der Waals surface area contributed by atoms with Gasteiger partial charge in [0.1, 0.15) is 0 Å². The Morgan fingerprint density at radius 1 is 1.55 bits per heavy atom. The van der Waals surface area contributed by atoms with Gasteiger partial charge in [0.05, 0.1) is 0 Å². The van der Waals surface area contributed by atoms with Gasteiger partial charge in [0.2, 0.25) is 0 Å². The van der Waals surface area contributed by atoms with Gasteiger partial charge in [0, 0.05) is 0 Å². The SMILES string of the molecule is C[CH2][Y][NH]c1ncnc2c1ncn2[C@H]1C[C@@H](O)[C@@H](COP)O1. The molecule has 10 heteroatoms. The van der Waals surface area contributed by atoms with Crippen molar-refractivity contribution in [3.8, 4) is 0 Å². The summed E-state index contributed by atoms with van der Waals surface area (Å²) in [5, 5.41) is 10.0. The minimum absolute atomic E-state index is 0.291. The number of fused-ring (bicyclic) bond motifs is 1. The van der Waals surface area contributed by atoms with E-state index in [-0.39, 0.29) is 12.3 Å². The zero-order valence-corrected chi connectivity index (χ0v) is 16.2. The second-order valence-corrected chi connectivity index (χ2v) is 9.12.